The lowest BCUT2D eigenvalue weighted by Gasteiger charge is -2.16. The van der Waals surface area contributed by atoms with Gasteiger partial charge in [-0.1, -0.05) is 43.9 Å². The highest BCUT2D eigenvalue weighted by molar-refractivity contribution is 14.1. The summed E-state index contributed by atoms with van der Waals surface area (Å²) in [5, 5.41) is 9.51. The fourth-order valence-corrected chi connectivity index (χ4v) is 3.60. The molecule has 1 aromatic carbocycles. The van der Waals surface area contributed by atoms with E-state index in [9.17, 15) is 9.90 Å². The number of hydrogen-bond acceptors (Lipinski definition) is 4. The Morgan fingerprint density at radius 3 is 2.80 bits per heavy atom. The molecule has 0 saturated carbocycles. The summed E-state index contributed by atoms with van der Waals surface area (Å²) in [7, 11) is 0. The molecule has 1 fully saturated rings. The van der Waals surface area contributed by atoms with E-state index in [-0.39, 0.29) is 11.7 Å². The molecule has 1 aliphatic rings. The van der Waals surface area contributed by atoms with Crippen molar-refractivity contribution in [2.24, 2.45) is 5.92 Å². The summed E-state index contributed by atoms with van der Waals surface area (Å²) < 4.78 is 1.37. The van der Waals surface area contributed by atoms with E-state index >= 15 is 0 Å². The van der Waals surface area contributed by atoms with Gasteiger partial charge in [0.1, 0.15) is 10.1 Å². The van der Waals surface area contributed by atoms with Crippen LogP contribution in [0.3, 0.4) is 0 Å². The molecule has 20 heavy (non-hydrogen) atoms. The van der Waals surface area contributed by atoms with E-state index in [1.54, 1.807) is 17.0 Å². The van der Waals surface area contributed by atoms with E-state index in [0.29, 0.717) is 21.7 Å². The molecule has 3 nitrogen and oxygen atoms in total. The van der Waals surface area contributed by atoms with Crippen molar-refractivity contribution in [3.8, 4) is 5.75 Å². The summed E-state index contributed by atoms with van der Waals surface area (Å²) in [4.78, 5) is 14.6. The highest BCUT2D eigenvalue weighted by Gasteiger charge is 2.32. The van der Waals surface area contributed by atoms with Crippen molar-refractivity contribution in [1.29, 1.82) is 0 Å². The number of halogens is 1. The van der Waals surface area contributed by atoms with Crippen LogP contribution in [-0.2, 0) is 4.79 Å². The average molecular weight is 419 g/mol. The molecular weight excluding hydrogens is 405 g/mol. The summed E-state index contributed by atoms with van der Waals surface area (Å²) >= 11 is 8.65. The predicted octanol–water partition coefficient (Wildman–Crippen LogP) is 3.85. The monoisotopic (exact) mass is 419 g/mol. The van der Waals surface area contributed by atoms with Crippen LogP contribution in [0.4, 0.5) is 0 Å². The first-order valence-electron chi connectivity index (χ1n) is 6.12. The number of thiocarbonyl (C=S) groups is 1. The highest BCUT2D eigenvalue weighted by atomic mass is 127. The normalized spacial score (nSPS) is 17.6. The summed E-state index contributed by atoms with van der Waals surface area (Å²) in [6.45, 7) is 4.77. The van der Waals surface area contributed by atoms with Crippen LogP contribution in [0.5, 0.6) is 5.75 Å². The zero-order valence-electron chi connectivity index (χ0n) is 11.1. The first kappa shape index (κ1) is 15.8. The van der Waals surface area contributed by atoms with Crippen molar-refractivity contribution in [2.75, 3.05) is 6.54 Å². The molecule has 0 radical (unpaired) electrons. The molecule has 0 atom stereocenters. The lowest BCUT2D eigenvalue weighted by Crippen LogP contribution is -2.31. The second-order valence-corrected chi connectivity index (χ2v) is 7.73. The molecule has 106 valence electrons. The van der Waals surface area contributed by atoms with Gasteiger partial charge in [0.15, 0.2) is 0 Å². The molecule has 2 rings (SSSR count). The van der Waals surface area contributed by atoms with Crippen LogP contribution < -0.4 is 0 Å². The number of benzene rings is 1. The van der Waals surface area contributed by atoms with Gasteiger partial charge in [0.25, 0.3) is 5.91 Å². The number of carbonyl (C=O) groups excluding carboxylic acids is 1. The van der Waals surface area contributed by atoms with Crippen molar-refractivity contribution in [1.82, 2.24) is 4.90 Å². The second kappa shape index (κ2) is 6.44. The van der Waals surface area contributed by atoms with Gasteiger partial charge in [-0.3, -0.25) is 9.69 Å². The van der Waals surface area contributed by atoms with Crippen LogP contribution in [0.25, 0.3) is 6.08 Å². The quantitative estimate of drug-likeness (QED) is 0.459. The molecule has 1 saturated heterocycles. The topological polar surface area (TPSA) is 40.5 Å². The number of rotatable bonds is 3. The first-order valence-corrected chi connectivity index (χ1v) is 8.42. The SMILES string of the molecule is CC(C)CN1C(=O)C(=Cc2ccc(O)c(I)c2)SC1=S. The van der Waals surface area contributed by atoms with Gasteiger partial charge in [0.05, 0.1) is 8.48 Å². The fraction of sp³-hybridized carbons (Fsp3) is 0.286. The summed E-state index contributed by atoms with van der Waals surface area (Å²) in [6.07, 6.45) is 1.82. The smallest absolute Gasteiger partial charge is 0.266 e. The Morgan fingerprint density at radius 1 is 1.50 bits per heavy atom. The Kier molecular flexibility index (Phi) is 5.09. The van der Waals surface area contributed by atoms with Crippen LogP contribution in [-0.4, -0.2) is 26.8 Å². The number of hydrogen-bond donors (Lipinski definition) is 1. The van der Waals surface area contributed by atoms with Gasteiger partial charge in [-0.25, -0.2) is 0 Å². The summed E-state index contributed by atoms with van der Waals surface area (Å²) in [5.74, 6) is 0.596. The highest BCUT2D eigenvalue weighted by Crippen LogP contribution is 2.33. The summed E-state index contributed by atoms with van der Waals surface area (Å²) in [5.41, 5.74) is 0.886. The third-order valence-corrected chi connectivity index (χ3v) is 4.93. The second-order valence-electron chi connectivity index (χ2n) is 4.90. The molecule has 0 bridgehead atoms. The molecule has 0 spiro atoms. The largest absolute Gasteiger partial charge is 0.507 e. The van der Waals surface area contributed by atoms with E-state index in [1.165, 1.54) is 11.8 Å². The van der Waals surface area contributed by atoms with Crippen LogP contribution in [0.2, 0.25) is 0 Å². The van der Waals surface area contributed by atoms with Crippen LogP contribution >= 0.6 is 46.6 Å². The molecule has 1 aromatic rings. The summed E-state index contributed by atoms with van der Waals surface area (Å²) in [6, 6.07) is 5.25. The minimum atomic E-state index is -0.0308. The zero-order valence-corrected chi connectivity index (χ0v) is 14.9. The molecule has 1 aliphatic heterocycles. The van der Waals surface area contributed by atoms with Crippen molar-refractivity contribution in [3.05, 3.63) is 32.2 Å². The van der Waals surface area contributed by atoms with Crippen molar-refractivity contribution in [3.63, 3.8) is 0 Å². The van der Waals surface area contributed by atoms with E-state index in [0.717, 1.165) is 9.13 Å². The number of amides is 1. The van der Waals surface area contributed by atoms with Gasteiger partial charge in [-0.05, 0) is 52.3 Å². The number of phenolic OH excluding ortho intramolecular Hbond substituents is 1. The van der Waals surface area contributed by atoms with E-state index in [2.05, 4.69) is 36.4 Å². The van der Waals surface area contributed by atoms with Crippen LogP contribution in [0, 0.1) is 9.49 Å². The minimum absolute atomic E-state index is 0.0308. The van der Waals surface area contributed by atoms with E-state index < -0.39 is 0 Å². The van der Waals surface area contributed by atoms with Crippen LogP contribution in [0.15, 0.2) is 23.1 Å². The van der Waals surface area contributed by atoms with Gasteiger partial charge < -0.3 is 5.11 Å². The fourth-order valence-electron chi connectivity index (χ4n) is 1.79. The maximum Gasteiger partial charge on any atom is 0.266 e. The molecule has 0 aliphatic carbocycles. The Morgan fingerprint density at radius 2 is 2.20 bits per heavy atom. The Labute approximate surface area is 141 Å². The van der Waals surface area contributed by atoms with E-state index in [4.69, 9.17) is 12.2 Å². The average Bonchev–Trinajstić information content (AvgIpc) is 2.61. The first-order chi connectivity index (χ1) is 9.38. The van der Waals surface area contributed by atoms with E-state index in [1.807, 2.05) is 12.1 Å². The molecular formula is C14H14INO2S2. The van der Waals surface area contributed by atoms with Crippen molar-refractivity contribution in [2.45, 2.75) is 13.8 Å². The lowest BCUT2D eigenvalue weighted by atomic mass is 10.2. The van der Waals surface area contributed by atoms with Gasteiger partial charge in [-0.2, -0.15) is 0 Å². The Hall–Kier alpha value is -0.600. The number of nitrogens with zero attached hydrogens (tertiary/aromatic N) is 1. The van der Waals surface area contributed by atoms with Gasteiger partial charge in [-0.15, -0.1) is 0 Å². The standard InChI is InChI=1S/C14H14INO2S2/c1-8(2)7-16-13(18)12(20-14(16)19)6-9-3-4-11(17)10(15)5-9/h3-6,8,17H,7H2,1-2H3. The number of phenols is 1. The number of carbonyl (C=O) groups is 1. The molecule has 1 N–H and O–H groups in total. The predicted molar refractivity (Wildman–Crippen MR) is 95.5 cm³/mol. The maximum absolute atomic E-state index is 12.3. The maximum atomic E-state index is 12.3. The third kappa shape index (κ3) is 3.53. The van der Waals surface area contributed by atoms with Crippen molar-refractivity contribution >= 4 is 62.9 Å². The van der Waals surface area contributed by atoms with Crippen LogP contribution in [0.1, 0.15) is 19.4 Å². The molecule has 6 heteroatoms. The Bertz CT molecular complexity index is 599. The lowest BCUT2D eigenvalue weighted by molar-refractivity contribution is -0.122. The molecule has 0 unspecified atom stereocenters. The minimum Gasteiger partial charge on any atom is -0.507 e. The van der Waals surface area contributed by atoms with Gasteiger partial charge >= 0.3 is 0 Å². The van der Waals surface area contributed by atoms with Gasteiger partial charge in [0, 0.05) is 6.54 Å². The molecule has 1 heterocycles. The number of aromatic hydroxyl groups is 1. The molecule has 1 amide bonds. The number of thioether (sulfide) groups is 1. The molecule has 0 aromatic heterocycles. The zero-order chi connectivity index (χ0) is 14.9. The Balaban J connectivity index is 2.25. The van der Waals surface area contributed by atoms with Gasteiger partial charge in [0.2, 0.25) is 0 Å². The third-order valence-electron chi connectivity index (χ3n) is 2.69. The van der Waals surface area contributed by atoms with Crippen molar-refractivity contribution < 1.29 is 9.90 Å².